The Hall–Kier alpha value is -0.500. The van der Waals surface area contributed by atoms with Gasteiger partial charge in [0.15, 0.2) is 0 Å². The van der Waals surface area contributed by atoms with Crippen molar-refractivity contribution >= 4 is 17.5 Å². The summed E-state index contributed by atoms with van der Waals surface area (Å²) < 4.78 is 0. The fourth-order valence-corrected chi connectivity index (χ4v) is 4.37. The van der Waals surface area contributed by atoms with Crippen molar-refractivity contribution in [2.24, 2.45) is 11.8 Å². The highest BCUT2D eigenvalue weighted by atomic mass is 32.2. The summed E-state index contributed by atoms with van der Waals surface area (Å²) in [6.07, 6.45) is 4.87. The predicted molar refractivity (Wildman–Crippen MR) is 72.7 cm³/mol. The van der Waals surface area contributed by atoms with Crippen molar-refractivity contribution in [3.63, 3.8) is 0 Å². The molecular formula is C14H22OS. The number of allylic oxidation sites excluding steroid dienone is 2. The minimum absolute atomic E-state index is 0.121. The third-order valence-corrected chi connectivity index (χ3v) is 4.89. The second-order valence-electron chi connectivity index (χ2n) is 4.54. The maximum Gasteiger partial charge on any atom is 0.133 e. The molecule has 0 aliphatic carbocycles. The minimum Gasteiger partial charge on any atom is -0.300 e. The van der Waals surface area contributed by atoms with Gasteiger partial charge in [0, 0.05) is 22.3 Å². The second kappa shape index (κ2) is 5.72. The first-order valence-electron chi connectivity index (χ1n) is 5.95. The van der Waals surface area contributed by atoms with Gasteiger partial charge in [-0.05, 0) is 27.2 Å². The molecule has 1 fully saturated rings. The van der Waals surface area contributed by atoms with E-state index in [9.17, 15) is 4.79 Å². The number of ketones is 1. The fraction of sp³-hybridized carbons (Fsp3) is 0.643. The molecule has 0 aromatic carbocycles. The van der Waals surface area contributed by atoms with Gasteiger partial charge in [0.1, 0.15) is 5.78 Å². The van der Waals surface area contributed by atoms with E-state index < -0.39 is 0 Å². The quantitative estimate of drug-likeness (QED) is 0.692. The molecule has 0 amide bonds. The molecule has 1 rings (SSSR count). The molecule has 16 heavy (non-hydrogen) atoms. The summed E-state index contributed by atoms with van der Waals surface area (Å²) in [5.74, 6) is 0.822. The summed E-state index contributed by atoms with van der Waals surface area (Å²) in [5, 5.41) is 1.09. The van der Waals surface area contributed by atoms with Crippen LogP contribution in [0.1, 0.15) is 34.1 Å². The SMILES string of the molecule is C=CCC(C(C)=O)[C@@H]1/C(=C\C)C(C)S[C@@H]1C. The molecule has 0 saturated carbocycles. The van der Waals surface area contributed by atoms with Crippen LogP contribution in [0, 0.1) is 11.8 Å². The van der Waals surface area contributed by atoms with Crippen LogP contribution < -0.4 is 0 Å². The van der Waals surface area contributed by atoms with Crippen molar-refractivity contribution < 1.29 is 4.79 Å². The zero-order chi connectivity index (χ0) is 12.3. The van der Waals surface area contributed by atoms with Crippen LogP contribution in [0.5, 0.6) is 0 Å². The molecule has 0 radical (unpaired) electrons. The van der Waals surface area contributed by atoms with Gasteiger partial charge in [0.05, 0.1) is 0 Å². The monoisotopic (exact) mass is 238 g/mol. The molecule has 4 atom stereocenters. The van der Waals surface area contributed by atoms with Gasteiger partial charge < -0.3 is 0 Å². The van der Waals surface area contributed by atoms with E-state index in [1.165, 1.54) is 5.57 Å². The van der Waals surface area contributed by atoms with Crippen molar-refractivity contribution in [2.45, 2.75) is 44.6 Å². The van der Waals surface area contributed by atoms with Crippen molar-refractivity contribution in [3.05, 3.63) is 24.3 Å². The van der Waals surface area contributed by atoms with Crippen molar-refractivity contribution in [3.8, 4) is 0 Å². The van der Waals surface area contributed by atoms with Crippen LogP contribution in [0.4, 0.5) is 0 Å². The molecule has 1 aliphatic heterocycles. The lowest BCUT2D eigenvalue weighted by Gasteiger charge is -2.24. The maximum atomic E-state index is 11.8. The van der Waals surface area contributed by atoms with Crippen LogP contribution >= 0.6 is 11.8 Å². The third kappa shape index (κ3) is 2.60. The van der Waals surface area contributed by atoms with Crippen LogP contribution in [-0.2, 0) is 4.79 Å². The van der Waals surface area contributed by atoms with Gasteiger partial charge >= 0.3 is 0 Å². The molecule has 1 aliphatic rings. The molecular weight excluding hydrogens is 216 g/mol. The number of rotatable bonds is 4. The summed E-state index contributed by atoms with van der Waals surface area (Å²) in [4.78, 5) is 11.8. The minimum atomic E-state index is 0.121. The molecule has 2 unspecified atom stereocenters. The van der Waals surface area contributed by atoms with Gasteiger partial charge in [-0.15, -0.1) is 6.58 Å². The Labute approximate surface area is 103 Å². The zero-order valence-electron chi connectivity index (χ0n) is 10.7. The molecule has 0 aromatic rings. The van der Waals surface area contributed by atoms with E-state index in [-0.39, 0.29) is 5.92 Å². The van der Waals surface area contributed by atoms with Gasteiger partial charge in [-0.1, -0.05) is 24.6 Å². The molecule has 2 heteroatoms. The molecule has 1 nitrogen and oxygen atoms in total. The van der Waals surface area contributed by atoms with E-state index >= 15 is 0 Å². The van der Waals surface area contributed by atoms with E-state index in [1.807, 2.05) is 17.8 Å². The Kier molecular flexibility index (Phi) is 4.85. The van der Waals surface area contributed by atoms with Crippen molar-refractivity contribution in [1.82, 2.24) is 0 Å². The summed E-state index contributed by atoms with van der Waals surface area (Å²) in [6.45, 7) is 12.0. The van der Waals surface area contributed by atoms with Crippen LogP contribution in [0.2, 0.25) is 0 Å². The summed E-state index contributed by atoms with van der Waals surface area (Å²) in [6, 6.07) is 0. The summed E-state index contributed by atoms with van der Waals surface area (Å²) in [7, 11) is 0. The first-order chi connectivity index (χ1) is 7.52. The van der Waals surface area contributed by atoms with Gasteiger partial charge in [0.2, 0.25) is 0 Å². The van der Waals surface area contributed by atoms with Gasteiger partial charge in [-0.3, -0.25) is 4.79 Å². The third-order valence-electron chi connectivity index (χ3n) is 3.49. The van der Waals surface area contributed by atoms with E-state index in [0.717, 1.165) is 6.42 Å². The Bertz CT molecular complexity index is 306. The summed E-state index contributed by atoms with van der Waals surface area (Å²) in [5.41, 5.74) is 1.44. The summed E-state index contributed by atoms with van der Waals surface area (Å²) >= 11 is 1.98. The molecule has 0 bridgehead atoms. The number of thioether (sulfide) groups is 1. The van der Waals surface area contributed by atoms with E-state index in [1.54, 1.807) is 6.92 Å². The van der Waals surface area contributed by atoms with Crippen molar-refractivity contribution in [2.75, 3.05) is 0 Å². The van der Waals surface area contributed by atoms with Crippen LogP contribution in [0.15, 0.2) is 24.3 Å². The van der Waals surface area contributed by atoms with E-state index in [2.05, 4.69) is 33.4 Å². The van der Waals surface area contributed by atoms with Gasteiger partial charge in [0.25, 0.3) is 0 Å². The molecule has 0 aromatic heterocycles. The highest BCUT2D eigenvalue weighted by Crippen LogP contribution is 2.46. The number of hydrogen-bond donors (Lipinski definition) is 0. The Balaban J connectivity index is 2.98. The van der Waals surface area contributed by atoms with Gasteiger partial charge in [-0.25, -0.2) is 0 Å². The van der Waals surface area contributed by atoms with E-state index in [4.69, 9.17) is 0 Å². The Morgan fingerprint density at radius 3 is 2.62 bits per heavy atom. The number of hydrogen-bond acceptors (Lipinski definition) is 2. The average Bonchev–Trinajstić information content (AvgIpc) is 2.49. The number of carbonyl (C=O) groups excluding carboxylic acids is 1. The lowest BCUT2D eigenvalue weighted by Crippen LogP contribution is -2.27. The largest absolute Gasteiger partial charge is 0.300 e. The first-order valence-corrected chi connectivity index (χ1v) is 6.90. The lowest BCUT2D eigenvalue weighted by molar-refractivity contribution is -0.121. The normalized spacial score (nSPS) is 34.0. The Morgan fingerprint density at radius 1 is 1.56 bits per heavy atom. The molecule has 1 saturated heterocycles. The zero-order valence-corrected chi connectivity index (χ0v) is 11.5. The first kappa shape index (κ1) is 13.6. The lowest BCUT2D eigenvalue weighted by atomic mass is 9.78. The fourth-order valence-electron chi connectivity index (χ4n) is 2.76. The molecule has 0 N–H and O–H groups in total. The number of Topliss-reactive ketones (excluding diaryl/α,β-unsaturated/α-hetero) is 1. The number of carbonyl (C=O) groups is 1. The highest BCUT2D eigenvalue weighted by Gasteiger charge is 2.40. The molecule has 90 valence electrons. The maximum absolute atomic E-state index is 11.8. The highest BCUT2D eigenvalue weighted by molar-refractivity contribution is 8.01. The molecule has 1 heterocycles. The second-order valence-corrected chi connectivity index (χ2v) is 6.26. The van der Waals surface area contributed by atoms with E-state index in [0.29, 0.717) is 22.2 Å². The smallest absolute Gasteiger partial charge is 0.133 e. The van der Waals surface area contributed by atoms with Crippen LogP contribution in [0.3, 0.4) is 0 Å². The van der Waals surface area contributed by atoms with Crippen LogP contribution in [-0.4, -0.2) is 16.3 Å². The average molecular weight is 238 g/mol. The Morgan fingerprint density at radius 2 is 2.19 bits per heavy atom. The topological polar surface area (TPSA) is 17.1 Å². The van der Waals surface area contributed by atoms with Crippen LogP contribution in [0.25, 0.3) is 0 Å². The standard InChI is InChI=1S/C14H22OS/c1-6-8-13(9(3)15)14-11(5)16-10(4)12(14)7-2/h6-7,10-11,13-14H,1,8H2,2-5H3/b12-7-/t10?,11-,13?,14+/m1/s1. The van der Waals surface area contributed by atoms with Crippen molar-refractivity contribution in [1.29, 1.82) is 0 Å². The van der Waals surface area contributed by atoms with Gasteiger partial charge in [-0.2, -0.15) is 11.8 Å². The predicted octanol–water partition coefficient (Wildman–Crippen LogP) is 3.85. The molecule has 0 spiro atoms.